The lowest BCUT2D eigenvalue weighted by atomic mass is 9.98. The van der Waals surface area contributed by atoms with Crippen LogP contribution in [-0.2, 0) is 6.61 Å². The van der Waals surface area contributed by atoms with Gasteiger partial charge in [-0.25, -0.2) is 4.99 Å². The van der Waals surface area contributed by atoms with Crippen LogP contribution in [0.4, 0.5) is 5.88 Å². The molecule has 9 heteroatoms. The molecule has 0 bridgehead atoms. The molecule has 0 spiro atoms. The average molecular weight is 658 g/mol. The summed E-state index contributed by atoms with van der Waals surface area (Å²) in [6.07, 6.45) is 1.61. The van der Waals surface area contributed by atoms with E-state index in [9.17, 15) is 5.26 Å². The lowest BCUT2D eigenvalue weighted by molar-refractivity contribution is 0.282. The van der Waals surface area contributed by atoms with Crippen molar-refractivity contribution in [2.75, 3.05) is 21.3 Å². The van der Waals surface area contributed by atoms with Crippen LogP contribution in [0.5, 0.6) is 23.0 Å². The summed E-state index contributed by atoms with van der Waals surface area (Å²) >= 11 is 9.88. The Morgan fingerprint density at radius 1 is 0.884 bits per heavy atom. The van der Waals surface area contributed by atoms with Crippen LogP contribution in [0.1, 0.15) is 16.7 Å². The number of hydrogen-bond donors (Lipinski definition) is 0. The van der Waals surface area contributed by atoms with Gasteiger partial charge in [0.25, 0.3) is 0 Å². The second-order valence-corrected chi connectivity index (χ2v) is 10.5. The van der Waals surface area contributed by atoms with Gasteiger partial charge in [-0.3, -0.25) is 0 Å². The molecule has 0 N–H and O–H groups in total. The minimum Gasteiger partial charge on any atom is -0.497 e. The zero-order valence-electron chi connectivity index (χ0n) is 23.6. The molecule has 0 fully saturated rings. The number of halogens is 2. The number of rotatable bonds is 10. The maximum absolute atomic E-state index is 10.3. The average Bonchev–Trinajstić information content (AvgIpc) is 3.42. The first kappa shape index (κ1) is 29.8. The molecule has 0 radical (unpaired) electrons. The molecule has 0 amide bonds. The lowest BCUT2D eigenvalue weighted by Crippen LogP contribution is -2.00. The second-order valence-electron chi connectivity index (χ2n) is 9.23. The van der Waals surface area contributed by atoms with Crippen molar-refractivity contribution in [2.45, 2.75) is 6.61 Å². The molecule has 5 rings (SSSR count). The van der Waals surface area contributed by atoms with Crippen molar-refractivity contribution in [3.63, 3.8) is 0 Å². The predicted octanol–water partition coefficient (Wildman–Crippen LogP) is 9.26. The highest BCUT2D eigenvalue weighted by Gasteiger charge is 2.23. The molecule has 1 heterocycles. The van der Waals surface area contributed by atoms with E-state index in [2.05, 4.69) is 27.0 Å². The summed E-state index contributed by atoms with van der Waals surface area (Å²) < 4.78 is 29.2. The SMILES string of the molecule is COc1ccc(-c2oc(N=Cc3cc(Br)c(OCc4ccccc4Cl)c(OC)c3)c(C#N)c2-c2ccc(OC)cc2)cc1. The summed E-state index contributed by atoms with van der Waals surface area (Å²) in [5, 5.41) is 10.9. The van der Waals surface area contributed by atoms with Crippen LogP contribution in [0.25, 0.3) is 22.5 Å². The van der Waals surface area contributed by atoms with E-state index in [4.69, 9.17) is 35.0 Å². The zero-order chi connectivity index (χ0) is 30.3. The highest BCUT2D eigenvalue weighted by atomic mass is 79.9. The monoisotopic (exact) mass is 656 g/mol. The van der Waals surface area contributed by atoms with Gasteiger partial charge in [0.15, 0.2) is 11.5 Å². The highest BCUT2D eigenvalue weighted by molar-refractivity contribution is 9.10. The van der Waals surface area contributed by atoms with Crippen LogP contribution < -0.4 is 18.9 Å². The van der Waals surface area contributed by atoms with Crippen molar-refractivity contribution in [3.05, 3.63) is 111 Å². The van der Waals surface area contributed by atoms with Crippen molar-refractivity contribution < 1.29 is 23.4 Å². The maximum Gasteiger partial charge on any atom is 0.238 e. The van der Waals surface area contributed by atoms with Gasteiger partial charge >= 0.3 is 0 Å². The number of furan rings is 1. The fourth-order valence-corrected chi connectivity index (χ4v) is 5.21. The van der Waals surface area contributed by atoms with Gasteiger partial charge in [0.2, 0.25) is 5.88 Å². The van der Waals surface area contributed by atoms with Crippen molar-refractivity contribution >= 4 is 39.6 Å². The topological polar surface area (TPSA) is 86.2 Å². The molecule has 0 aliphatic carbocycles. The molecule has 0 aliphatic heterocycles. The molecule has 43 heavy (non-hydrogen) atoms. The van der Waals surface area contributed by atoms with Crippen molar-refractivity contribution in [1.82, 2.24) is 0 Å². The minimum atomic E-state index is 0.174. The molecular weight excluding hydrogens is 632 g/mol. The molecule has 0 unspecified atom stereocenters. The first-order valence-corrected chi connectivity index (χ1v) is 14.3. The Morgan fingerprint density at radius 3 is 2.14 bits per heavy atom. The second kappa shape index (κ2) is 13.5. The first-order chi connectivity index (χ1) is 20.9. The van der Waals surface area contributed by atoms with Gasteiger partial charge in [-0.1, -0.05) is 41.9 Å². The van der Waals surface area contributed by atoms with E-state index >= 15 is 0 Å². The van der Waals surface area contributed by atoms with Crippen LogP contribution in [0.15, 0.2) is 98.8 Å². The summed E-state index contributed by atoms with van der Waals surface area (Å²) in [4.78, 5) is 4.60. The molecule has 0 saturated heterocycles. The maximum atomic E-state index is 10.3. The number of aliphatic imine (C=N–C) groups is 1. The largest absolute Gasteiger partial charge is 0.497 e. The summed E-state index contributed by atoms with van der Waals surface area (Å²) in [5.41, 5.74) is 4.05. The van der Waals surface area contributed by atoms with Gasteiger partial charge in [-0.05, 0) is 81.7 Å². The van der Waals surface area contributed by atoms with Gasteiger partial charge in [-0.15, -0.1) is 0 Å². The molecule has 7 nitrogen and oxygen atoms in total. The van der Waals surface area contributed by atoms with Gasteiger partial charge in [-0.2, -0.15) is 5.26 Å². The van der Waals surface area contributed by atoms with Crippen LogP contribution in [0.2, 0.25) is 5.02 Å². The van der Waals surface area contributed by atoms with Crippen molar-refractivity contribution in [1.29, 1.82) is 5.26 Å². The van der Waals surface area contributed by atoms with Crippen molar-refractivity contribution in [3.8, 4) is 51.5 Å². The molecule has 1 aromatic heterocycles. The number of benzene rings is 4. The Morgan fingerprint density at radius 2 is 1.53 bits per heavy atom. The van der Waals surface area contributed by atoms with Gasteiger partial charge in [0.1, 0.15) is 35.5 Å². The fraction of sp³-hybridized carbons (Fsp3) is 0.118. The Hall–Kier alpha value is -4.71. The van der Waals surface area contributed by atoms with E-state index in [0.717, 1.165) is 16.7 Å². The number of methoxy groups -OCH3 is 3. The molecule has 216 valence electrons. The molecular formula is C34H26BrClN2O5. The lowest BCUT2D eigenvalue weighted by Gasteiger charge is -2.14. The van der Waals surface area contributed by atoms with E-state index in [1.54, 1.807) is 33.6 Å². The Kier molecular flexibility index (Phi) is 9.35. The van der Waals surface area contributed by atoms with E-state index in [-0.39, 0.29) is 12.5 Å². The van der Waals surface area contributed by atoms with Crippen LogP contribution in [0.3, 0.4) is 0 Å². The summed E-state index contributed by atoms with van der Waals surface area (Å²) in [7, 11) is 4.78. The van der Waals surface area contributed by atoms with E-state index in [1.807, 2.05) is 78.9 Å². The van der Waals surface area contributed by atoms with E-state index in [1.165, 1.54) is 0 Å². The van der Waals surface area contributed by atoms with Crippen LogP contribution in [-0.4, -0.2) is 27.5 Å². The van der Waals surface area contributed by atoms with Crippen molar-refractivity contribution in [2.24, 2.45) is 4.99 Å². The number of ether oxygens (including phenoxy) is 4. The van der Waals surface area contributed by atoms with E-state index < -0.39 is 0 Å². The predicted molar refractivity (Wildman–Crippen MR) is 171 cm³/mol. The summed E-state index contributed by atoms with van der Waals surface area (Å²) in [5.74, 6) is 3.12. The third kappa shape index (κ3) is 6.54. The third-order valence-electron chi connectivity index (χ3n) is 6.64. The number of nitriles is 1. The van der Waals surface area contributed by atoms with Gasteiger partial charge < -0.3 is 23.4 Å². The smallest absolute Gasteiger partial charge is 0.238 e. The van der Waals surface area contributed by atoms with Gasteiger partial charge in [0, 0.05) is 27.9 Å². The third-order valence-corrected chi connectivity index (χ3v) is 7.60. The molecule has 0 aliphatic rings. The Bertz CT molecular complexity index is 1810. The molecule has 4 aromatic carbocycles. The van der Waals surface area contributed by atoms with E-state index in [0.29, 0.717) is 54.9 Å². The fourth-order valence-electron chi connectivity index (χ4n) is 4.45. The molecule has 0 atom stereocenters. The zero-order valence-corrected chi connectivity index (χ0v) is 25.9. The Balaban J connectivity index is 1.52. The van der Waals surface area contributed by atoms with Crippen LogP contribution >= 0.6 is 27.5 Å². The number of nitrogens with zero attached hydrogens (tertiary/aromatic N) is 2. The Labute approximate surface area is 263 Å². The van der Waals surface area contributed by atoms with Crippen LogP contribution in [0, 0.1) is 11.3 Å². The summed E-state index contributed by atoms with van der Waals surface area (Å²) in [6, 6.07) is 28.3. The minimum absolute atomic E-state index is 0.174. The number of hydrogen-bond acceptors (Lipinski definition) is 7. The summed E-state index contributed by atoms with van der Waals surface area (Å²) in [6.45, 7) is 0.266. The normalized spacial score (nSPS) is 10.9. The standard InChI is InChI=1S/C34H26BrClN2O5/c1-39-25-12-8-22(9-13-25)31-27(18-37)34(43-32(31)23-10-14-26(40-2)15-11-23)38-19-21-16-28(35)33(30(17-21)41-3)42-20-24-6-4-5-7-29(24)36/h4-17,19H,20H2,1-3H3. The quantitative estimate of drug-likeness (QED) is 0.139. The first-order valence-electron chi connectivity index (χ1n) is 13.1. The molecule has 5 aromatic rings. The van der Waals surface area contributed by atoms with Gasteiger partial charge in [0.05, 0.1) is 25.8 Å². The molecule has 0 saturated carbocycles. The highest BCUT2D eigenvalue weighted by Crippen LogP contribution is 2.43.